The van der Waals surface area contributed by atoms with E-state index in [0.717, 1.165) is 24.5 Å². The number of nitrogens with zero attached hydrogens (tertiary/aromatic N) is 1. The molecule has 11 heteroatoms. The highest BCUT2D eigenvalue weighted by atomic mass is 32.2. The predicted octanol–water partition coefficient (Wildman–Crippen LogP) is 0.757. The van der Waals surface area contributed by atoms with Crippen molar-refractivity contribution in [3.63, 3.8) is 0 Å². The number of carboxylic acids is 1. The summed E-state index contributed by atoms with van der Waals surface area (Å²) in [6, 6.07) is 2.26. The second-order valence-corrected chi connectivity index (χ2v) is 6.25. The zero-order valence-electron chi connectivity index (χ0n) is 10.5. The molecule has 0 amide bonds. The van der Waals surface area contributed by atoms with Gasteiger partial charge in [0.25, 0.3) is 10.0 Å². The van der Waals surface area contributed by atoms with E-state index in [9.17, 15) is 18.0 Å². The number of thiophene rings is 1. The third-order valence-electron chi connectivity index (χ3n) is 2.34. The van der Waals surface area contributed by atoms with E-state index in [-0.39, 0.29) is 21.3 Å². The number of esters is 1. The molecule has 0 aliphatic heterocycles. The molecule has 0 fully saturated rings. The lowest BCUT2D eigenvalue weighted by Gasteiger charge is -2.05. The van der Waals surface area contributed by atoms with Gasteiger partial charge >= 0.3 is 11.9 Å². The highest BCUT2D eigenvalue weighted by Gasteiger charge is 2.25. The molecule has 0 saturated carbocycles. The van der Waals surface area contributed by atoms with Crippen molar-refractivity contribution in [2.75, 3.05) is 11.8 Å². The molecule has 0 bridgehead atoms. The Morgan fingerprint density at radius 2 is 2.19 bits per heavy atom. The SMILES string of the molecule is COC(=O)c1sccc1S(=O)(=O)Nc1cc(C(=O)O)[nH]n1. The van der Waals surface area contributed by atoms with Crippen LogP contribution in [-0.4, -0.2) is 42.8 Å². The molecule has 0 aliphatic rings. The lowest BCUT2D eigenvalue weighted by molar-refractivity contribution is 0.0601. The van der Waals surface area contributed by atoms with Crippen LogP contribution < -0.4 is 4.72 Å². The monoisotopic (exact) mass is 331 g/mol. The van der Waals surface area contributed by atoms with Crippen LogP contribution in [0.1, 0.15) is 20.2 Å². The summed E-state index contributed by atoms with van der Waals surface area (Å²) in [6.45, 7) is 0. The molecular weight excluding hydrogens is 322 g/mol. The number of carbonyl (C=O) groups excluding carboxylic acids is 1. The molecule has 3 N–H and O–H groups in total. The number of aromatic amines is 1. The summed E-state index contributed by atoms with van der Waals surface area (Å²) in [5, 5.41) is 15.8. The van der Waals surface area contributed by atoms with Crippen LogP contribution in [0.3, 0.4) is 0 Å². The van der Waals surface area contributed by atoms with Crippen LogP contribution in [0, 0.1) is 0 Å². The highest BCUT2D eigenvalue weighted by Crippen LogP contribution is 2.24. The highest BCUT2D eigenvalue weighted by molar-refractivity contribution is 7.93. The molecule has 0 saturated heterocycles. The first-order valence-corrected chi connectivity index (χ1v) is 7.69. The Labute approximate surface area is 122 Å². The van der Waals surface area contributed by atoms with Gasteiger partial charge in [-0.15, -0.1) is 11.3 Å². The number of methoxy groups -OCH3 is 1. The number of ether oxygens (including phenoxy) is 1. The zero-order valence-corrected chi connectivity index (χ0v) is 12.1. The van der Waals surface area contributed by atoms with Gasteiger partial charge in [-0.25, -0.2) is 18.0 Å². The fourth-order valence-electron chi connectivity index (χ4n) is 1.43. The first-order chi connectivity index (χ1) is 9.85. The molecule has 0 spiro atoms. The van der Waals surface area contributed by atoms with Crippen LogP contribution in [-0.2, 0) is 14.8 Å². The van der Waals surface area contributed by atoms with Gasteiger partial charge in [-0.1, -0.05) is 0 Å². The van der Waals surface area contributed by atoms with Gasteiger partial charge in [0.05, 0.1) is 7.11 Å². The van der Waals surface area contributed by atoms with E-state index in [1.54, 1.807) is 0 Å². The molecule has 0 unspecified atom stereocenters. The number of sulfonamides is 1. The number of rotatable bonds is 5. The maximum atomic E-state index is 12.2. The first-order valence-electron chi connectivity index (χ1n) is 5.32. The van der Waals surface area contributed by atoms with Gasteiger partial charge in [-0.05, 0) is 11.4 Å². The molecule has 2 aromatic heterocycles. The lowest BCUT2D eigenvalue weighted by Crippen LogP contribution is -2.16. The zero-order chi connectivity index (χ0) is 15.6. The summed E-state index contributed by atoms with van der Waals surface area (Å²) in [4.78, 5) is 21.8. The Morgan fingerprint density at radius 1 is 1.48 bits per heavy atom. The van der Waals surface area contributed by atoms with E-state index >= 15 is 0 Å². The number of nitrogens with one attached hydrogen (secondary N) is 2. The number of carboxylic acid groups (broad SMARTS) is 1. The molecule has 112 valence electrons. The quantitative estimate of drug-likeness (QED) is 0.687. The molecular formula is C10H9N3O6S2. The second-order valence-electron chi connectivity index (χ2n) is 3.68. The van der Waals surface area contributed by atoms with Crippen LogP contribution in [0.2, 0.25) is 0 Å². The van der Waals surface area contributed by atoms with Gasteiger partial charge in [-0.3, -0.25) is 9.82 Å². The van der Waals surface area contributed by atoms with Gasteiger partial charge in [0.15, 0.2) is 5.82 Å². The normalized spacial score (nSPS) is 11.1. The van der Waals surface area contributed by atoms with Crippen molar-refractivity contribution in [3.05, 3.63) is 28.1 Å². The molecule has 2 heterocycles. The fourth-order valence-corrected chi connectivity index (χ4v) is 3.75. The van der Waals surface area contributed by atoms with Gasteiger partial charge in [0, 0.05) is 6.07 Å². The molecule has 2 rings (SSSR count). The van der Waals surface area contributed by atoms with Gasteiger partial charge in [0.1, 0.15) is 15.5 Å². The van der Waals surface area contributed by atoms with Crippen molar-refractivity contribution in [2.45, 2.75) is 4.90 Å². The minimum atomic E-state index is -4.08. The minimum absolute atomic E-state index is 0.0843. The van der Waals surface area contributed by atoms with Crippen LogP contribution in [0.5, 0.6) is 0 Å². The average Bonchev–Trinajstić information content (AvgIpc) is 3.05. The van der Waals surface area contributed by atoms with E-state index < -0.39 is 22.0 Å². The molecule has 0 aromatic carbocycles. The summed E-state index contributed by atoms with van der Waals surface area (Å²) in [5.41, 5.74) is -0.272. The number of carbonyl (C=O) groups is 2. The fraction of sp³-hybridized carbons (Fsp3) is 0.100. The standard InChI is InChI=1S/C10H9N3O6S2/c1-19-10(16)8-6(2-3-20-8)21(17,18)13-7-4-5(9(14)15)11-12-7/h2-4H,1H3,(H,14,15)(H2,11,12,13). The van der Waals surface area contributed by atoms with Crippen LogP contribution >= 0.6 is 11.3 Å². The van der Waals surface area contributed by atoms with Crippen LogP contribution in [0.4, 0.5) is 5.82 Å². The molecule has 0 radical (unpaired) electrons. The van der Waals surface area contributed by atoms with Crippen molar-refractivity contribution in [3.8, 4) is 0 Å². The Kier molecular flexibility index (Phi) is 3.95. The van der Waals surface area contributed by atoms with Gasteiger partial charge < -0.3 is 9.84 Å². The van der Waals surface area contributed by atoms with E-state index in [2.05, 4.69) is 19.7 Å². The van der Waals surface area contributed by atoms with Crippen LogP contribution in [0.15, 0.2) is 22.4 Å². The number of aromatic nitrogens is 2. The molecule has 21 heavy (non-hydrogen) atoms. The largest absolute Gasteiger partial charge is 0.477 e. The van der Waals surface area contributed by atoms with Crippen molar-refractivity contribution in [2.24, 2.45) is 0 Å². The molecule has 9 nitrogen and oxygen atoms in total. The minimum Gasteiger partial charge on any atom is -0.477 e. The predicted molar refractivity (Wildman–Crippen MR) is 72.0 cm³/mol. The number of hydrogen-bond acceptors (Lipinski definition) is 7. The molecule has 0 aliphatic carbocycles. The second kappa shape index (κ2) is 5.54. The number of H-pyrrole nitrogens is 1. The Morgan fingerprint density at radius 3 is 2.76 bits per heavy atom. The molecule has 2 aromatic rings. The van der Waals surface area contributed by atoms with Crippen molar-refractivity contribution < 1.29 is 27.9 Å². The van der Waals surface area contributed by atoms with Crippen molar-refractivity contribution >= 4 is 39.1 Å². The summed E-state index contributed by atoms with van der Waals surface area (Å²) in [7, 11) is -2.95. The Balaban J connectivity index is 2.32. The Hall–Kier alpha value is -2.40. The van der Waals surface area contributed by atoms with Crippen molar-refractivity contribution in [1.29, 1.82) is 0 Å². The first kappa shape index (κ1) is 15.0. The summed E-state index contributed by atoms with van der Waals surface area (Å²) >= 11 is 0.914. The van der Waals surface area contributed by atoms with E-state index in [4.69, 9.17) is 5.11 Å². The third-order valence-corrected chi connectivity index (χ3v) is 4.76. The summed E-state index contributed by atoms with van der Waals surface area (Å²) < 4.78 is 30.9. The maximum Gasteiger partial charge on any atom is 0.353 e. The average molecular weight is 331 g/mol. The lowest BCUT2D eigenvalue weighted by atomic mass is 10.4. The van der Waals surface area contributed by atoms with Crippen LogP contribution in [0.25, 0.3) is 0 Å². The third kappa shape index (κ3) is 3.03. The number of anilines is 1. The van der Waals surface area contributed by atoms with Crippen molar-refractivity contribution in [1.82, 2.24) is 10.2 Å². The molecule has 0 atom stereocenters. The summed E-state index contributed by atoms with van der Waals surface area (Å²) in [5.74, 6) is -2.26. The Bertz CT molecular complexity index is 791. The van der Waals surface area contributed by atoms with Gasteiger partial charge in [-0.2, -0.15) is 5.10 Å². The van der Waals surface area contributed by atoms with E-state index in [0.29, 0.717) is 0 Å². The number of hydrogen-bond donors (Lipinski definition) is 3. The summed E-state index contributed by atoms with van der Waals surface area (Å²) in [6.07, 6.45) is 0. The smallest absolute Gasteiger partial charge is 0.353 e. The van der Waals surface area contributed by atoms with E-state index in [1.807, 2.05) is 0 Å². The topological polar surface area (TPSA) is 138 Å². The van der Waals surface area contributed by atoms with Gasteiger partial charge in [0.2, 0.25) is 0 Å². The van der Waals surface area contributed by atoms with E-state index in [1.165, 1.54) is 11.4 Å². The number of aromatic carboxylic acids is 1. The maximum absolute atomic E-state index is 12.2.